The Hall–Kier alpha value is -2.95. The molecule has 0 fully saturated rings. The Morgan fingerprint density at radius 2 is 1.92 bits per heavy atom. The zero-order valence-electron chi connectivity index (χ0n) is 14.8. The van der Waals surface area contributed by atoms with Gasteiger partial charge in [-0.3, -0.25) is 9.36 Å². The van der Waals surface area contributed by atoms with E-state index in [1.165, 1.54) is 5.56 Å². The molecule has 0 spiro atoms. The molecule has 0 N–H and O–H groups in total. The number of hydrogen-bond acceptors (Lipinski definition) is 3. The number of pyridine rings is 1. The van der Waals surface area contributed by atoms with Crippen molar-refractivity contribution in [3.63, 3.8) is 0 Å². The third kappa shape index (κ3) is 3.94. The fourth-order valence-electron chi connectivity index (χ4n) is 2.63. The first-order valence-electron chi connectivity index (χ1n) is 8.33. The van der Waals surface area contributed by atoms with Crippen molar-refractivity contribution in [2.24, 2.45) is 0 Å². The molecule has 2 heterocycles. The summed E-state index contributed by atoms with van der Waals surface area (Å²) >= 11 is 0. The van der Waals surface area contributed by atoms with Crippen LogP contribution in [0.5, 0.6) is 0 Å². The van der Waals surface area contributed by atoms with Crippen LogP contribution >= 0.6 is 0 Å². The van der Waals surface area contributed by atoms with E-state index in [0.717, 1.165) is 11.4 Å². The van der Waals surface area contributed by atoms with Gasteiger partial charge in [0.2, 0.25) is 0 Å². The summed E-state index contributed by atoms with van der Waals surface area (Å²) in [5.41, 5.74) is 2.99. The molecule has 5 heteroatoms. The first kappa shape index (κ1) is 16.9. The van der Waals surface area contributed by atoms with Gasteiger partial charge in [-0.2, -0.15) is 0 Å². The van der Waals surface area contributed by atoms with Crippen molar-refractivity contribution in [2.75, 3.05) is 7.05 Å². The van der Waals surface area contributed by atoms with Gasteiger partial charge in [-0.05, 0) is 29.2 Å². The second-order valence-electron chi connectivity index (χ2n) is 6.43. The number of amides is 1. The number of benzene rings is 1. The molecule has 128 valence electrons. The fourth-order valence-corrected chi connectivity index (χ4v) is 2.63. The van der Waals surface area contributed by atoms with E-state index in [0.29, 0.717) is 18.0 Å². The lowest BCUT2D eigenvalue weighted by molar-refractivity contribution is 0.0784. The molecule has 25 heavy (non-hydrogen) atoms. The Bertz CT molecular complexity index is 821. The van der Waals surface area contributed by atoms with Crippen molar-refractivity contribution in [2.45, 2.75) is 26.3 Å². The fraction of sp³-hybridized carbons (Fsp3) is 0.250. The SMILES string of the molecule is CC(C)c1ccc(CN(C)C(=O)c2ccc(-n3ccnc3)nc2)cc1. The highest BCUT2D eigenvalue weighted by molar-refractivity contribution is 5.93. The minimum Gasteiger partial charge on any atom is -0.337 e. The van der Waals surface area contributed by atoms with Crippen LogP contribution in [0.15, 0.2) is 61.3 Å². The molecule has 0 aliphatic carbocycles. The zero-order chi connectivity index (χ0) is 17.8. The molecule has 0 saturated carbocycles. The van der Waals surface area contributed by atoms with Crippen molar-refractivity contribution in [3.05, 3.63) is 78.0 Å². The topological polar surface area (TPSA) is 51.0 Å². The maximum absolute atomic E-state index is 12.6. The smallest absolute Gasteiger partial charge is 0.255 e. The van der Waals surface area contributed by atoms with Crippen LogP contribution in [0.3, 0.4) is 0 Å². The van der Waals surface area contributed by atoms with Crippen molar-refractivity contribution < 1.29 is 4.79 Å². The molecule has 0 saturated heterocycles. The highest BCUT2D eigenvalue weighted by Crippen LogP contribution is 2.16. The van der Waals surface area contributed by atoms with Crippen LogP contribution < -0.4 is 0 Å². The Morgan fingerprint density at radius 1 is 1.16 bits per heavy atom. The maximum Gasteiger partial charge on any atom is 0.255 e. The summed E-state index contributed by atoms with van der Waals surface area (Å²) in [5, 5.41) is 0. The Morgan fingerprint density at radius 3 is 2.48 bits per heavy atom. The van der Waals surface area contributed by atoms with Gasteiger partial charge < -0.3 is 4.90 Å². The number of nitrogens with zero attached hydrogens (tertiary/aromatic N) is 4. The minimum atomic E-state index is -0.0439. The standard InChI is InChI=1S/C20H22N4O/c1-15(2)17-6-4-16(5-7-17)13-23(3)20(25)18-8-9-19(22-12-18)24-11-10-21-14-24/h4-12,14-15H,13H2,1-3H3. The molecular weight excluding hydrogens is 312 g/mol. The Kier molecular flexibility index (Phi) is 4.93. The summed E-state index contributed by atoms with van der Waals surface area (Å²) in [5.74, 6) is 1.20. The zero-order valence-corrected chi connectivity index (χ0v) is 14.8. The molecule has 0 aliphatic rings. The van der Waals surface area contributed by atoms with Crippen molar-refractivity contribution >= 4 is 5.91 Å². The molecule has 0 atom stereocenters. The largest absolute Gasteiger partial charge is 0.337 e. The van der Waals surface area contributed by atoms with Crippen LogP contribution in [0.2, 0.25) is 0 Å². The lowest BCUT2D eigenvalue weighted by Gasteiger charge is -2.18. The van der Waals surface area contributed by atoms with E-state index < -0.39 is 0 Å². The highest BCUT2D eigenvalue weighted by Gasteiger charge is 2.13. The molecule has 0 unspecified atom stereocenters. The lowest BCUT2D eigenvalue weighted by Crippen LogP contribution is -2.26. The number of rotatable bonds is 5. The molecule has 0 radical (unpaired) electrons. The van der Waals surface area contributed by atoms with Crippen LogP contribution in [0.4, 0.5) is 0 Å². The predicted molar refractivity (Wildman–Crippen MR) is 97.7 cm³/mol. The van der Waals surface area contributed by atoms with Crippen LogP contribution in [-0.2, 0) is 6.54 Å². The van der Waals surface area contributed by atoms with Crippen LogP contribution in [-0.4, -0.2) is 32.4 Å². The first-order chi connectivity index (χ1) is 12.0. The molecule has 1 aromatic carbocycles. The normalized spacial score (nSPS) is 10.9. The van der Waals surface area contributed by atoms with Gasteiger partial charge in [0.1, 0.15) is 12.1 Å². The molecule has 1 amide bonds. The molecule has 0 aliphatic heterocycles. The monoisotopic (exact) mass is 334 g/mol. The van der Waals surface area contributed by atoms with Gasteiger partial charge in [-0.15, -0.1) is 0 Å². The van der Waals surface area contributed by atoms with Gasteiger partial charge in [-0.1, -0.05) is 38.1 Å². The van der Waals surface area contributed by atoms with E-state index in [9.17, 15) is 4.79 Å². The molecule has 3 rings (SSSR count). The number of hydrogen-bond donors (Lipinski definition) is 0. The second-order valence-corrected chi connectivity index (χ2v) is 6.43. The van der Waals surface area contributed by atoms with Gasteiger partial charge in [0.05, 0.1) is 5.56 Å². The van der Waals surface area contributed by atoms with E-state index in [-0.39, 0.29) is 5.91 Å². The van der Waals surface area contributed by atoms with Crippen molar-refractivity contribution in [1.29, 1.82) is 0 Å². The third-order valence-electron chi connectivity index (χ3n) is 4.18. The van der Waals surface area contributed by atoms with Gasteiger partial charge in [0, 0.05) is 32.2 Å². The van der Waals surface area contributed by atoms with Crippen molar-refractivity contribution in [1.82, 2.24) is 19.4 Å². The lowest BCUT2D eigenvalue weighted by atomic mass is 10.0. The van der Waals surface area contributed by atoms with Crippen LogP contribution in [0.1, 0.15) is 41.3 Å². The summed E-state index contributed by atoms with van der Waals surface area (Å²) in [6.07, 6.45) is 6.79. The van der Waals surface area contributed by atoms with E-state index in [1.807, 2.05) is 19.3 Å². The van der Waals surface area contributed by atoms with Crippen LogP contribution in [0.25, 0.3) is 5.82 Å². The summed E-state index contributed by atoms with van der Waals surface area (Å²) < 4.78 is 1.80. The summed E-state index contributed by atoms with van der Waals surface area (Å²) in [6.45, 7) is 4.91. The Labute approximate surface area is 148 Å². The number of carbonyl (C=O) groups is 1. The quantitative estimate of drug-likeness (QED) is 0.715. The first-order valence-corrected chi connectivity index (χ1v) is 8.33. The summed E-state index contributed by atoms with van der Waals surface area (Å²) in [6, 6.07) is 12.0. The van der Waals surface area contributed by atoms with E-state index >= 15 is 0 Å². The number of carbonyl (C=O) groups excluding carboxylic acids is 1. The summed E-state index contributed by atoms with van der Waals surface area (Å²) in [4.78, 5) is 22.6. The average molecular weight is 334 g/mol. The van der Waals surface area contributed by atoms with E-state index in [1.54, 1.807) is 34.3 Å². The van der Waals surface area contributed by atoms with E-state index in [2.05, 4.69) is 48.1 Å². The molecular formula is C20H22N4O. The van der Waals surface area contributed by atoms with Gasteiger partial charge in [0.25, 0.3) is 5.91 Å². The Balaban J connectivity index is 1.67. The number of aromatic nitrogens is 3. The maximum atomic E-state index is 12.6. The minimum absolute atomic E-state index is 0.0439. The number of imidazole rings is 1. The summed E-state index contributed by atoms with van der Waals surface area (Å²) in [7, 11) is 1.81. The van der Waals surface area contributed by atoms with Crippen LogP contribution in [0, 0.1) is 0 Å². The second kappa shape index (κ2) is 7.30. The molecule has 0 bridgehead atoms. The van der Waals surface area contributed by atoms with Gasteiger partial charge >= 0.3 is 0 Å². The van der Waals surface area contributed by atoms with E-state index in [4.69, 9.17) is 0 Å². The van der Waals surface area contributed by atoms with Gasteiger partial charge in [0.15, 0.2) is 0 Å². The van der Waals surface area contributed by atoms with Gasteiger partial charge in [-0.25, -0.2) is 9.97 Å². The highest BCUT2D eigenvalue weighted by atomic mass is 16.2. The van der Waals surface area contributed by atoms with Crippen molar-refractivity contribution in [3.8, 4) is 5.82 Å². The molecule has 5 nitrogen and oxygen atoms in total. The molecule has 3 aromatic rings. The third-order valence-corrected chi connectivity index (χ3v) is 4.18. The average Bonchev–Trinajstić information content (AvgIpc) is 3.16. The molecule has 2 aromatic heterocycles. The predicted octanol–water partition coefficient (Wildman–Crippen LogP) is 3.66.